The molecule has 0 aliphatic rings. The molecule has 0 amide bonds. The van der Waals surface area contributed by atoms with Gasteiger partial charge in [-0.25, -0.2) is 13.1 Å². The van der Waals surface area contributed by atoms with E-state index in [-0.39, 0.29) is 18.5 Å². The summed E-state index contributed by atoms with van der Waals surface area (Å²) in [4.78, 5) is 0. The van der Waals surface area contributed by atoms with Crippen LogP contribution in [0.3, 0.4) is 0 Å². The molecule has 0 fully saturated rings. The maximum Gasteiger partial charge on any atom is 0.225 e. The van der Waals surface area contributed by atoms with Crippen LogP contribution in [0.15, 0.2) is 0 Å². The minimum absolute atomic E-state index is 0.182. The zero-order valence-corrected chi connectivity index (χ0v) is 8.63. The second-order valence-electron chi connectivity index (χ2n) is 3.17. The van der Waals surface area contributed by atoms with Gasteiger partial charge in [0.2, 0.25) is 10.0 Å². The van der Waals surface area contributed by atoms with Crippen LogP contribution in [0, 0.1) is 17.2 Å². The summed E-state index contributed by atoms with van der Waals surface area (Å²) in [5, 5.41) is 8.18. The normalized spacial score (nSPS) is 14.1. The molecule has 0 saturated heterocycles. The van der Waals surface area contributed by atoms with E-state index in [1.54, 1.807) is 6.07 Å². The molecule has 0 bridgehead atoms. The van der Waals surface area contributed by atoms with Gasteiger partial charge in [0.25, 0.3) is 0 Å². The van der Waals surface area contributed by atoms with Crippen LogP contribution >= 0.6 is 0 Å². The van der Waals surface area contributed by atoms with Gasteiger partial charge in [0.05, 0.1) is 6.07 Å². The van der Waals surface area contributed by atoms with Crippen molar-refractivity contribution in [3.63, 3.8) is 0 Å². The van der Waals surface area contributed by atoms with Gasteiger partial charge in [-0.15, -0.1) is 0 Å². The van der Waals surface area contributed by atoms with E-state index in [1.807, 2.05) is 13.8 Å². The summed E-state index contributed by atoms with van der Waals surface area (Å²) < 4.78 is 24.2. The Labute approximate surface area is 79.0 Å². The standard InChI is InChI=1S/C7H15N3O2S/c1-6(2)7(9)5-10-13(11,12)4-3-8/h6-7,10H,4-5,9H2,1-2H3. The Bertz CT molecular complexity index is 279. The number of nitriles is 1. The predicted octanol–water partition coefficient (Wildman–Crippen LogP) is -0.587. The van der Waals surface area contributed by atoms with Gasteiger partial charge in [-0.05, 0) is 5.92 Å². The Morgan fingerprint density at radius 1 is 1.54 bits per heavy atom. The Hall–Kier alpha value is -0.640. The number of nitrogens with one attached hydrogen (secondary N) is 1. The van der Waals surface area contributed by atoms with Crippen LogP contribution in [0.2, 0.25) is 0 Å². The first-order valence-corrected chi connectivity index (χ1v) is 5.64. The largest absolute Gasteiger partial charge is 0.326 e. The Morgan fingerprint density at radius 2 is 2.08 bits per heavy atom. The van der Waals surface area contributed by atoms with Gasteiger partial charge in [-0.1, -0.05) is 13.8 Å². The molecule has 1 unspecified atom stereocenters. The fourth-order valence-electron chi connectivity index (χ4n) is 0.595. The third-order valence-electron chi connectivity index (χ3n) is 1.65. The molecule has 6 heteroatoms. The molecule has 76 valence electrons. The van der Waals surface area contributed by atoms with Crippen molar-refractivity contribution in [2.45, 2.75) is 19.9 Å². The Morgan fingerprint density at radius 3 is 2.46 bits per heavy atom. The van der Waals surface area contributed by atoms with Gasteiger partial charge < -0.3 is 5.73 Å². The van der Waals surface area contributed by atoms with E-state index in [2.05, 4.69) is 4.72 Å². The third-order valence-corrected chi connectivity index (χ3v) is 2.77. The topological polar surface area (TPSA) is 96.0 Å². The molecule has 0 spiro atoms. The number of nitrogens with two attached hydrogens (primary N) is 1. The Balaban J connectivity index is 3.97. The molecule has 3 N–H and O–H groups in total. The van der Waals surface area contributed by atoms with E-state index < -0.39 is 15.8 Å². The molecule has 0 aromatic heterocycles. The highest BCUT2D eigenvalue weighted by atomic mass is 32.2. The van der Waals surface area contributed by atoms with Crippen molar-refractivity contribution in [1.82, 2.24) is 4.72 Å². The molecule has 0 aromatic rings. The SMILES string of the molecule is CC(C)C(N)CNS(=O)(=O)CC#N. The molecule has 0 aromatic carbocycles. The van der Waals surface area contributed by atoms with Crippen molar-refractivity contribution >= 4 is 10.0 Å². The molecular formula is C7H15N3O2S. The van der Waals surface area contributed by atoms with Gasteiger partial charge >= 0.3 is 0 Å². The lowest BCUT2D eigenvalue weighted by Crippen LogP contribution is -2.40. The highest BCUT2D eigenvalue weighted by Crippen LogP contribution is 1.96. The van der Waals surface area contributed by atoms with Gasteiger partial charge in [-0.3, -0.25) is 0 Å². The summed E-state index contributed by atoms with van der Waals surface area (Å²) in [6.45, 7) is 3.99. The van der Waals surface area contributed by atoms with Crippen LogP contribution in [-0.2, 0) is 10.0 Å². The fraction of sp³-hybridized carbons (Fsp3) is 0.857. The van der Waals surface area contributed by atoms with Crippen molar-refractivity contribution in [2.75, 3.05) is 12.3 Å². The van der Waals surface area contributed by atoms with Gasteiger partial charge in [0.1, 0.15) is 0 Å². The lowest BCUT2D eigenvalue weighted by Gasteiger charge is -2.15. The van der Waals surface area contributed by atoms with Crippen molar-refractivity contribution in [2.24, 2.45) is 11.7 Å². The van der Waals surface area contributed by atoms with Crippen LogP contribution < -0.4 is 10.5 Å². The monoisotopic (exact) mass is 205 g/mol. The predicted molar refractivity (Wildman–Crippen MR) is 50.2 cm³/mol. The van der Waals surface area contributed by atoms with E-state index in [1.165, 1.54) is 0 Å². The van der Waals surface area contributed by atoms with E-state index >= 15 is 0 Å². The molecule has 0 heterocycles. The molecule has 0 rings (SSSR count). The van der Waals surface area contributed by atoms with Gasteiger partial charge in [0, 0.05) is 12.6 Å². The number of sulfonamides is 1. The van der Waals surface area contributed by atoms with Crippen molar-refractivity contribution in [1.29, 1.82) is 5.26 Å². The first kappa shape index (κ1) is 12.4. The smallest absolute Gasteiger partial charge is 0.225 e. The number of hydrogen-bond donors (Lipinski definition) is 2. The van der Waals surface area contributed by atoms with Crippen LogP contribution in [-0.4, -0.2) is 26.8 Å². The summed E-state index contributed by atoms with van der Waals surface area (Å²) >= 11 is 0. The van der Waals surface area contributed by atoms with E-state index in [0.717, 1.165) is 0 Å². The Kier molecular flexibility index (Phi) is 4.91. The first-order valence-electron chi connectivity index (χ1n) is 3.99. The first-order chi connectivity index (χ1) is 5.89. The van der Waals surface area contributed by atoms with E-state index in [9.17, 15) is 8.42 Å². The maximum absolute atomic E-state index is 11.0. The number of rotatable bonds is 5. The van der Waals surface area contributed by atoms with E-state index in [4.69, 9.17) is 11.0 Å². The van der Waals surface area contributed by atoms with Crippen molar-refractivity contribution < 1.29 is 8.42 Å². The zero-order chi connectivity index (χ0) is 10.5. The second kappa shape index (κ2) is 5.17. The quantitative estimate of drug-likeness (QED) is 0.627. The summed E-state index contributed by atoms with van der Waals surface area (Å²) in [7, 11) is -3.45. The van der Waals surface area contributed by atoms with Crippen molar-refractivity contribution in [3.8, 4) is 6.07 Å². The molecule has 0 saturated carbocycles. The highest BCUT2D eigenvalue weighted by molar-refractivity contribution is 7.89. The summed E-state index contributed by atoms with van der Waals surface area (Å²) in [6.07, 6.45) is 0. The van der Waals surface area contributed by atoms with E-state index in [0.29, 0.717) is 0 Å². The molecule has 1 atom stereocenters. The number of nitrogens with zero attached hydrogens (tertiary/aromatic N) is 1. The van der Waals surface area contributed by atoms with Gasteiger partial charge in [-0.2, -0.15) is 5.26 Å². The van der Waals surface area contributed by atoms with Crippen LogP contribution in [0.25, 0.3) is 0 Å². The lowest BCUT2D eigenvalue weighted by molar-refractivity contribution is 0.482. The minimum atomic E-state index is -3.45. The lowest BCUT2D eigenvalue weighted by atomic mass is 10.1. The molecule has 13 heavy (non-hydrogen) atoms. The van der Waals surface area contributed by atoms with Crippen LogP contribution in [0.5, 0.6) is 0 Å². The molecule has 5 nitrogen and oxygen atoms in total. The van der Waals surface area contributed by atoms with Crippen molar-refractivity contribution in [3.05, 3.63) is 0 Å². The minimum Gasteiger partial charge on any atom is -0.326 e. The molecule has 0 aliphatic carbocycles. The number of hydrogen-bond acceptors (Lipinski definition) is 4. The molecule has 0 radical (unpaired) electrons. The summed E-state index contributed by atoms with van der Waals surface area (Å²) in [5.41, 5.74) is 5.61. The average molecular weight is 205 g/mol. The second-order valence-corrected chi connectivity index (χ2v) is 4.98. The fourth-order valence-corrected chi connectivity index (χ4v) is 1.31. The highest BCUT2D eigenvalue weighted by Gasteiger charge is 2.13. The molecular weight excluding hydrogens is 190 g/mol. The van der Waals surface area contributed by atoms with Gasteiger partial charge in [0.15, 0.2) is 5.75 Å². The third kappa shape index (κ3) is 5.58. The van der Waals surface area contributed by atoms with Crippen LogP contribution in [0.4, 0.5) is 0 Å². The van der Waals surface area contributed by atoms with Crippen LogP contribution in [0.1, 0.15) is 13.8 Å². The maximum atomic E-state index is 11.0. The zero-order valence-electron chi connectivity index (χ0n) is 7.82. The summed E-state index contributed by atoms with van der Waals surface area (Å²) in [6, 6.07) is 1.36. The molecule has 0 aliphatic heterocycles. The summed E-state index contributed by atoms with van der Waals surface area (Å²) in [5.74, 6) is -0.303. The average Bonchev–Trinajstić information content (AvgIpc) is 2.00.